The standard InChI is InChI=1S/C25H22O2/c1-19(2)25(26)27-18-23(20-12-6-3-7-13-20)24(21-14-8-4-9-15-21)22-16-10-5-11-17-22/h3-17H,1,18H2,2H3. The fraction of sp³-hybridized carbons (Fsp3) is 0.0800. The Labute approximate surface area is 160 Å². The molecule has 3 aromatic rings. The summed E-state index contributed by atoms with van der Waals surface area (Å²) in [5.41, 5.74) is 5.58. The van der Waals surface area contributed by atoms with Crippen molar-refractivity contribution in [2.75, 3.05) is 6.61 Å². The maximum absolute atomic E-state index is 12.0. The monoisotopic (exact) mass is 354 g/mol. The molecule has 0 amide bonds. The van der Waals surface area contributed by atoms with Gasteiger partial charge in [0, 0.05) is 11.1 Å². The Kier molecular flexibility index (Phi) is 6.01. The second kappa shape index (κ2) is 8.81. The maximum atomic E-state index is 12.0. The molecule has 0 N–H and O–H groups in total. The minimum Gasteiger partial charge on any atom is -0.457 e. The van der Waals surface area contributed by atoms with Gasteiger partial charge in [0.25, 0.3) is 0 Å². The number of carbonyl (C=O) groups excluding carboxylic acids is 1. The molecule has 0 atom stereocenters. The Hall–Kier alpha value is -3.39. The lowest BCUT2D eigenvalue weighted by molar-refractivity contribution is -0.137. The molecule has 0 aliphatic carbocycles. The van der Waals surface area contributed by atoms with E-state index in [4.69, 9.17) is 4.74 Å². The van der Waals surface area contributed by atoms with E-state index in [1.165, 1.54) is 0 Å². The molecule has 0 saturated carbocycles. The number of benzene rings is 3. The molecule has 3 aromatic carbocycles. The molecule has 2 nitrogen and oxygen atoms in total. The van der Waals surface area contributed by atoms with E-state index in [0.29, 0.717) is 5.57 Å². The first kappa shape index (κ1) is 18.4. The van der Waals surface area contributed by atoms with Crippen LogP contribution in [-0.4, -0.2) is 12.6 Å². The zero-order valence-electron chi connectivity index (χ0n) is 15.4. The van der Waals surface area contributed by atoms with E-state index < -0.39 is 0 Å². The number of ether oxygens (including phenoxy) is 1. The SMILES string of the molecule is C=C(C)C(=O)OCC(=C(c1ccccc1)c1ccccc1)c1ccccc1. The van der Waals surface area contributed by atoms with Gasteiger partial charge in [-0.05, 0) is 29.2 Å². The molecule has 0 aliphatic rings. The quantitative estimate of drug-likeness (QED) is 0.319. The molecule has 0 unspecified atom stereocenters. The summed E-state index contributed by atoms with van der Waals surface area (Å²) in [5, 5.41) is 0. The fourth-order valence-corrected chi connectivity index (χ4v) is 2.92. The van der Waals surface area contributed by atoms with Crippen LogP contribution in [0.1, 0.15) is 23.6 Å². The molecule has 134 valence electrons. The highest BCUT2D eigenvalue weighted by Crippen LogP contribution is 2.32. The molecule has 0 spiro atoms. The van der Waals surface area contributed by atoms with Crippen molar-refractivity contribution >= 4 is 17.1 Å². The Balaban J connectivity index is 2.19. The Morgan fingerprint density at radius 3 is 1.56 bits per heavy atom. The van der Waals surface area contributed by atoms with Gasteiger partial charge in [-0.3, -0.25) is 0 Å². The summed E-state index contributed by atoms with van der Waals surface area (Å²) in [7, 11) is 0. The van der Waals surface area contributed by atoms with Crippen molar-refractivity contribution in [1.82, 2.24) is 0 Å². The summed E-state index contributed by atoms with van der Waals surface area (Å²) in [6.45, 7) is 5.51. The molecular weight excluding hydrogens is 332 g/mol. The van der Waals surface area contributed by atoms with Crippen LogP contribution in [-0.2, 0) is 9.53 Å². The van der Waals surface area contributed by atoms with Gasteiger partial charge in [0.05, 0.1) is 0 Å². The van der Waals surface area contributed by atoms with Crippen molar-refractivity contribution in [2.24, 2.45) is 0 Å². The van der Waals surface area contributed by atoms with E-state index in [-0.39, 0.29) is 12.6 Å². The molecule has 2 heteroatoms. The van der Waals surface area contributed by atoms with E-state index in [2.05, 4.69) is 30.8 Å². The summed E-state index contributed by atoms with van der Waals surface area (Å²) in [6.07, 6.45) is 0. The Morgan fingerprint density at radius 1 is 0.741 bits per heavy atom. The first-order valence-corrected chi connectivity index (χ1v) is 8.89. The summed E-state index contributed by atoms with van der Waals surface area (Å²) < 4.78 is 5.55. The molecule has 0 radical (unpaired) electrons. The van der Waals surface area contributed by atoms with E-state index in [9.17, 15) is 4.79 Å². The van der Waals surface area contributed by atoms with Crippen molar-refractivity contribution in [3.63, 3.8) is 0 Å². The molecule has 0 saturated heterocycles. The van der Waals surface area contributed by atoms with Crippen molar-refractivity contribution in [1.29, 1.82) is 0 Å². The van der Waals surface area contributed by atoms with Gasteiger partial charge in [-0.2, -0.15) is 0 Å². The van der Waals surface area contributed by atoms with Crippen molar-refractivity contribution < 1.29 is 9.53 Å². The molecule has 0 fully saturated rings. The molecule has 0 aliphatic heterocycles. The second-order valence-electron chi connectivity index (χ2n) is 6.31. The lowest BCUT2D eigenvalue weighted by Gasteiger charge is -2.17. The van der Waals surface area contributed by atoms with Gasteiger partial charge in [0.15, 0.2) is 0 Å². The van der Waals surface area contributed by atoms with Crippen LogP contribution in [0.5, 0.6) is 0 Å². The summed E-state index contributed by atoms with van der Waals surface area (Å²) >= 11 is 0. The predicted octanol–water partition coefficient (Wildman–Crippen LogP) is 5.77. The summed E-state index contributed by atoms with van der Waals surface area (Å²) in [5.74, 6) is -0.385. The zero-order valence-corrected chi connectivity index (χ0v) is 15.4. The van der Waals surface area contributed by atoms with Gasteiger partial charge in [0.1, 0.15) is 6.61 Å². The molecule has 27 heavy (non-hydrogen) atoms. The van der Waals surface area contributed by atoms with Gasteiger partial charge < -0.3 is 4.74 Å². The fourth-order valence-electron chi connectivity index (χ4n) is 2.92. The molecule has 0 bridgehead atoms. The average molecular weight is 354 g/mol. The van der Waals surface area contributed by atoms with Crippen LogP contribution < -0.4 is 0 Å². The first-order valence-electron chi connectivity index (χ1n) is 8.89. The van der Waals surface area contributed by atoms with Gasteiger partial charge in [-0.25, -0.2) is 4.79 Å². The summed E-state index contributed by atoms with van der Waals surface area (Å²) in [6, 6.07) is 30.4. The maximum Gasteiger partial charge on any atom is 0.333 e. The van der Waals surface area contributed by atoms with Crippen molar-refractivity contribution in [3.05, 3.63) is 120 Å². The molecule has 3 rings (SSSR count). The highest BCUT2D eigenvalue weighted by Gasteiger charge is 2.16. The average Bonchev–Trinajstić information content (AvgIpc) is 2.72. The topological polar surface area (TPSA) is 26.3 Å². The van der Waals surface area contributed by atoms with E-state index in [1.54, 1.807) is 6.92 Å². The smallest absolute Gasteiger partial charge is 0.333 e. The third kappa shape index (κ3) is 4.62. The normalized spacial score (nSPS) is 10.1. The molecular formula is C25H22O2. The van der Waals surface area contributed by atoms with Crippen molar-refractivity contribution in [2.45, 2.75) is 6.92 Å². The number of hydrogen-bond donors (Lipinski definition) is 0. The summed E-state index contributed by atoms with van der Waals surface area (Å²) in [4.78, 5) is 12.0. The third-order valence-corrected chi connectivity index (χ3v) is 4.25. The number of esters is 1. The van der Waals surface area contributed by atoms with Gasteiger partial charge >= 0.3 is 5.97 Å². The number of rotatable bonds is 6. The van der Waals surface area contributed by atoms with Crippen LogP contribution in [0.4, 0.5) is 0 Å². The van der Waals surface area contributed by atoms with Gasteiger partial charge in [0.2, 0.25) is 0 Å². The Bertz CT molecular complexity index is 898. The lowest BCUT2D eigenvalue weighted by atomic mass is 9.90. The predicted molar refractivity (Wildman–Crippen MR) is 111 cm³/mol. The third-order valence-electron chi connectivity index (χ3n) is 4.25. The largest absolute Gasteiger partial charge is 0.457 e. The minimum atomic E-state index is -0.385. The Morgan fingerprint density at radius 2 is 1.15 bits per heavy atom. The second-order valence-corrected chi connectivity index (χ2v) is 6.31. The van der Waals surface area contributed by atoms with E-state index in [1.807, 2.05) is 66.7 Å². The lowest BCUT2D eigenvalue weighted by Crippen LogP contribution is -2.09. The number of carbonyl (C=O) groups is 1. The number of hydrogen-bond acceptors (Lipinski definition) is 2. The van der Waals surface area contributed by atoms with Crippen LogP contribution in [0, 0.1) is 0 Å². The zero-order chi connectivity index (χ0) is 19.1. The highest BCUT2D eigenvalue weighted by molar-refractivity contribution is 5.99. The van der Waals surface area contributed by atoms with E-state index >= 15 is 0 Å². The molecule has 0 heterocycles. The first-order chi connectivity index (χ1) is 13.2. The van der Waals surface area contributed by atoms with Crippen LogP contribution in [0.3, 0.4) is 0 Å². The van der Waals surface area contributed by atoms with Crippen LogP contribution in [0.15, 0.2) is 103 Å². The van der Waals surface area contributed by atoms with Gasteiger partial charge in [-0.15, -0.1) is 0 Å². The van der Waals surface area contributed by atoms with Gasteiger partial charge in [-0.1, -0.05) is 97.6 Å². The highest BCUT2D eigenvalue weighted by atomic mass is 16.5. The van der Waals surface area contributed by atoms with Crippen LogP contribution >= 0.6 is 0 Å². The van der Waals surface area contributed by atoms with E-state index in [0.717, 1.165) is 27.8 Å². The van der Waals surface area contributed by atoms with Crippen molar-refractivity contribution in [3.8, 4) is 0 Å². The molecule has 0 aromatic heterocycles. The van der Waals surface area contributed by atoms with Crippen LogP contribution in [0.2, 0.25) is 0 Å². The minimum absolute atomic E-state index is 0.175. The van der Waals surface area contributed by atoms with Crippen LogP contribution in [0.25, 0.3) is 11.1 Å².